The number of rotatable bonds is 3. The highest BCUT2D eigenvalue weighted by molar-refractivity contribution is 4.90. The zero-order chi connectivity index (χ0) is 14.0. The van der Waals surface area contributed by atoms with Gasteiger partial charge in [-0.15, -0.1) is 0 Å². The van der Waals surface area contributed by atoms with Gasteiger partial charge in [-0.25, -0.2) is 0 Å². The minimum absolute atomic E-state index is 0.546. The Morgan fingerprint density at radius 1 is 0.842 bits per heavy atom. The van der Waals surface area contributed by atoms with E-state index in [0.29, 0.717) is 5.41 Å². The molecule has 2 fully saturated rings. The van der Waals surface area contributed by atoms with Crippen molar-refractivity contribution in [3.63, 3.8) is 0 Å². The highest BCUT2D eigenvalue weighted by atomic mass is 15.1. The van der Waals surface area contributed by atoms with E-state index in [4.69, 9.17) is 0 Å². The summed E-state index contributed by atoms with van der Waals surface area (Å²) in [7, 11) is 2.27. The van der Waals surface area contributed by atoms with E-state index >= 15 is 0 Å². The van der Waals surface area contributed by atoms with E-state index in [1.54, 1.807) is 0 Å². The third kappa shape index (κ3) is 3.52. The molecule has 19 heavy (non-hydrogen) atoms. The van der Waals surface area contributed by atoms with E-state index in [0.717, 1.165) is 17.9 Å². The summed E-state index contributed by atoms with van der Waals surface area (Å²) in [5.41, 5.74) is 0.546. The van der Waals surface area contributed by atoms with Crippen LogP contribution < -0.4 is 0 Å². The number of piperidine rings is 2. The fraction of sp³-hybridized carbons (Fsp3) is 1.00. The summed E-state index contributed by atoms with van der Waals surface area (Å²) < 4.78 is 0. The molecule has 2 heterocycles. The van der Waals surface area contributed by atoms with Gasteiger partial charge in [0, 0.05) is 6.04 Å². The van der Waals surface area contributed by atoms with Crippen LogP contribution >= 0.6 is 0 Å². The number of likely N-dealkylation sites (tertiary alicyclic amines) is 2. The Labute approximate surface area is 120 Å². The van der Waals surface area contributed by atoms with Gasteiger partial charge in [0.2, 0.25) is 0 Å². The lowest BCUT2D eigenvalue weighted by atomic mass is 9.63. The van der Waals surface area contributed by atoms with Gasteiger partial charge in [0.05, 0.1) is 0 Å². The molecule has 0 spiro atoms. The van der Waals surface area contributed by atoms with Gasteiger partial charge in [-0.05, 0) is 90.0 Å². The zero-order valence-electron chi connectivity index (χ0n) is 13.8. The average molecular weight is 266 g/mol. The van der Waals surface area contributed by atoms with Crippen LogP contribution in [-0.2, 0) is 0 Å². The maximum atomic E-state index is 2.65. The Kier molecular flexibility index (Phi) is 4.94. The average Bonchev–Trinajstić information content (AvgIpc) is 2.39. The molecule has 0 N–H and O–H groups in total. The fourth-order valence-corrected chi connectivity index (χ4v) is 4.25. The first-order valence-corrected chi connectivity index (χ1v) is 8.34. The third-order valence-electron chi connectivity index (χ3n) is 6.08. The van der Waals surface area contributed by atoms with Crippen LogP contribution in [0.4, 0.5) is 0 Å². The Morgan fingerprint density at radius 3 is 1.68 bits per heavy atom. The van der Waals surface area contributed by atoms with Crippen LogP contribution in [0.2, 0.25) is 0 Å². The van der Waals surface area contributed by atoms with E-state index < -0.39 is 0 Å². The molecular weight excluding hydrogens is 232 g/mol. The molecule has 0 aromatic heterocycles. The quantitative estimate of drug-likeness (QED) is 0.772. The van der Waals surface area contributed by atoms with Crippen LogP contribution in [0.3, 0.4) is 0 Å². The standard InChI is InChI=1S/C17H34N2/c1-14(2)19-12-8-16(9-13-19)17(3,4)15-6-10-18(5)11-7-15/h14-16H,6-13H2,1-5H3. The maximum absolute atomic E-state index is 2.65. The van der Waals surface area contributed by atoms with Gasteiger partial charge >= 0.3 is 0 Å². The second-order valence-corrected chi connectivity index (χ2v) is 7.80. The smallest absolute Gasteiger partial charge is 0.00385 e. The molecule has 2 nitrogen and oxygen atoms in total. The lowest BCUT2D eigenvalue weighted by molar-refractivity contribution is 0.0176. The number of hydrogen-bond acceptors (Lipinski definition) is 2. The molecule has 2 heteroatoms. The van der Waals surface area contributed by atoms with E-state index in [9.17, 15) is 0 Å². The van der Waals surface area contributed by atoms with Crippen molar-refractivity contribution >= 4 is 0 Å². The van der Waals surface area contributed by atoms with Crippen LogP contribution in [0.5, 0.6) is 0 Å². The SMILES string of the molecule is CC(C)N1CCC(C(C)(C)C2CCN(C)CC2)CC1. The second kappa shape index (κ2) is 6.13. The molecule has 2 aliphatic rings. The highest BCUT2D eigenvalue weighted by Gasteiger charge is 2.39. The predicted molar refractivity (Wildman–Crippen MR) is 83.4 cm³/mol. The molecule has 0 aliphatic carbocycles. The van der Waals surface area contributed by atoms with Crippen LogP contribution in [0.25, 0.3) is 0 Å². The van der Waals surface area contributed by atoms with Crippen LogP contribution in [0.1, 0.15) is 53.4 Å². The Balaban J connectivity index is 1.90. The van der Waals surface area contributed by atoms with Crippen molar-refractivity contribution in [3.05, 3.63) is 0 Å². The molecule has 0 atom stereocenters. The minimum Gasteiger partial charge on any atom is -0.306 e. The van der Waals surface area contributed by atoms with Crippen molar-refractivity contribution in [2.75, 3.05) is 33.2 Å². The van der Waals surface area contributed by atoms with Crippen LogP contribution in [0, 0.1) is 17.3 Å². The van der Waals surface area contributed by atoms with E-state index in [-0.39, 0.29) is 0 Å². The van der Waals surface area contributed by atoms with Gasteiger partial charge in [0.15, 0.2) is 0 Å². The Bertz CT molecular complexity index is 269. The molecule has 2 rings (SSSR count). The summed E-state index contributed by atoms with van der Waals surface area (Å²) in [5, 5.41) is 0. The molecule has 0 aromatic carbocycles. The summed E-state index contributed by atoms with van der Waals surface area (Å²) >= 11 is 0. The van der Waals surface area contributed by atoms with Gasteiger partial charge in [0.25, 0.3) is 0 Å². The predicted octanol–water partition coefficient (Wildman–Crippen LogP) is 3.47. The van der Waals surface area contributed by atoms with E-state index in [2.05, 4.69) is 44.5 Å². The van der Waals surface area contributed by atoms with Crippen molar-refractivity contribution in [3.8, 4) is 0 Å². The summed E-state index contributed by atoms with van der Waals surface area (Å²) in [6.45, 7) is 15.0. The molecule has 0 aromatic rings. The lowest BCUT2D eigenvalue weighted by Crippen LogP contribution is -2.46. The summed E-state index contributed by atoms with van der Waals surface area (Å²) in [4.78, 5) is 5.15. The first-order chi connectivity index (χ1) is 8.91. The molecular formula is C17H34N2. The third-order valence-corrected chi connectivity index (χ3v) is 6.08. The van der Waals surface area contributed by atoms with Crippen molar-refractivity contribution in [2.24, 2.45) is 17.3 Å². The summed E-state index contributed by atoms with van der Waals surface area (Å²) in [6, 6.07) is 0.729. The number of nitrogens with zero attached hydrogens (tertiary/aromatic N) is 2. The lowest BCUT2D eigenvalue weighted by Gasteiger charge is -2.48. The molecule has 2 aliphatic heterocycles. The van der Waals surface area contributed by atoms with Gasteiger partial charge < -0.3 is 9.80 Å². The van der Waals surface area contributed by atoms with Crippen molar-refractivity contribution in [1.82, 2.24) is 9.80 Å². The Hall–Kier alpha value is -0.0800. The van der Waals surface area contributed by atoms with Gasteiger partial charge in [-0.3, -0.25) is 0 Å². The van der Waals surface area contributed by atoms with E-state index in [1.807, 2.05) is 0 Å². The first-order valence-electron chi connectivity index (χ1n) is 8.34. The highest BCUT2D eigenvalue weighted by Crippen LogP contribution is 2.45. The summed E-state index contributed by atoms with van der Waals surface area (Å²) in [5.74, 6) is 1.88. The van der Waals surface area contributed by atoms with Gasteiger partial charge in [-0.1, -0.05) is 13.8 Å². The van der Waals surface area contributed by atoms with Crippen molar-refractivity contribution in [1.29, 1.82) is 0 Å². The zero-order valence-corrected chi connectivity index (χ0v) is 13.8. The maximum Gasteiger partial charge on any atom is 0.00385 e. The largest absolute Gasteiger partial charge is 0.306 e. The molecule has 0 saturated carbocycles. The molecule has 112 valence electrons. The van der Waals surface area contributed by atoms with Crippen LogP contribution in [-0.4, -0.2) is 49.1 Å². The number of hydrogen-bond donors (Lipinski definition) is 0. The van der Waals surface area contributed by atoms with E-state index in [1.165, 1.54) is 51.9 Å². The molecule has 0 unspecified atom stereocenters. The van der Waals surface area contributed by atoms with Crippen molar-refractivity contribution in [2.45, 2.75) is 59.4 Å². The van der Waals surface area contributed by atoms with Crippen LogP contribution in [0.15, 0.2) is 0 Å². The normalized spacial score (nSPS) is 26.2. The minimum atomic E-state index is 0.546. The monoisotopic (exact) mass is 266 g/mol. The van der Waals surface area contributed by atoms with Gasteiger partial charge in [-0.2, -0.15) is 0 Å². The molecule has 0 radical (unpaired) electrons. The molecule has 0 bridgehead atoms. The van der Waals surface area contributed by atoms with Gasteiger partial charge in [0.1, 0.15) is 0 Å². The second-order valence-electron chi connectivity index (χ2n) is 7.80. The molecule has 2 saturated heterocycles. The molecule has 0 amide bonds. The van der Waals surface area contributed by atoms with Crippen molar-refractivity contribution < 1.29 is 0 Å². The topological polar surface area (TPSA) is 6.48 Å². The first kappa shape index (κ1) is 15.3. The fourth-order valence-electron chi connectivity index (χ4n) is 4.25. The Morgan fingerprint density at radius 2 is 1.26 bits per heavy atom. The summed E-state index contributed by atoms with van der Waals surface area (Å²) in [6.07, 6.45) is 5.65.